The van der Waals surface area contributed by atoms with E-state index in [4.69, 9.17) is 16.7 Å². The van der Waals surface area contributed by atoms with Gasteiger partial charge in [-0.25, -0.2) is 5.84 Å². The number of aromatic amines is 1. The van der Waals surface area contributed by atoms with E-state index in [1.807, 2.05) is 0 Å². The maximum atomic E-state index is 11.0. The summed E-state index contributed by atoms with van der Waals surface area (Å²) < 4.78 is 0. The van der Waals surface area contributed by atoms with Crippen LogP contribution in [0.1, 0.15) is 10.4 Å². The molecule has 0 saturated carbocycles. The molecule has 0 atom stereocenters. The second-order valence-electron chi connectivity index (χ2n) is 2.28. The first-order chi connectivity index (χ1) is 6.06. The number of nitrogens with two attached hydrogens (primary N) is 2. The average Bonchev–Trinajstić information content (AvgIpc) is 2.02. The van der Waals surface area contributed by atoms with E-state index in [1.54, 1.807) is 0 Å². The number of aromatic hydroxyl groups is 1. The number of carbonyl (C=O) groups excluding carboxylic acids is 1. The van der Waals surface area contributed by atoms with Gasteiger partial charge < -0.3 is 21.2 Å². The summed E-state index contributed by atoms with van der Waals surface area (Å²) in [7, 11) is 0. The Labute approximate surface area is 72.3 Å². The molecule has 0 radical (unpaired) electrons. The van der Waals surface area contributed by atoms with Gasteiger partial charge in [-0.2, -0.15) is 0 Å². The lowest BCUT2D eigenvalue weighted by Gasteiger charge is -2.02. The molecule has 0 aliphatic heterocycles. The minimum Gasteiger partial charge on any atom is -0.507 e. The van der Waals surface area contributed by atoms with Crippen LogP contribution in [0.4, 0.5) is 5.82 Å². The maximum absolute atomic E-state index is 11.0. The maximum Gasteiger partial charge on any atom is 0.266 e. The molecule has 1 amide bonds. The van der Waals surface area contributed by atoms with Crippen molar-refractivity contribution in [2.45, 2.75) is 0 Å². The van der Waals surface area contributed by atoms with E-state index < -0.39 is 22.8 Å². The van der Waals surface area contributed by atoms with Crippen molar-refractivity contribution >= 4 is 11.7 Å². The van der Waals surface area contributed by atoms with Gasteiger partial charge in [-0.1, -0.05) is 0 Å². The van der Waals surface area contributed by atoms with Crippen molar-refractivity contribution in [1.82, 2.24) is 4.98 Å². The van der Waals surface area contributed by atoms with Gasteiger partial charge in [0.25, 0.3) is 11.5 Å². The Morgan fingerprint density at radius 2 is 2.23 bits per heavy atom. The Balaban J connectivity index is 3.40. The molecule has 0 aliphatic rings. The first kappa shape index (κ1) is 9.07. The Bertz CT molecular complexity index is 397. The molecule has 0 fully saturated rings. The fourth-order valence-electron chi connectivity index (χ4n) is 0.862. The van der Waals surface area contributed by atoms with Crippen LogP contribution in [0, 0.1) is 0 Å². The summed E-state index contributed by atoms with van der Waals surface area (Å²) in [5, 5.41) is 9.16. The lowest BCUT2D eigenvalue weighted by Crippen LogP contribution is -2.25. The van der Waals surface area contributed by atoms with Crippen LogP contribution in [0.2, 0.25) is 0 Å². The van der Waals surface area contributed by atoms with Gasteiger partial charge in [0.1, 0.15) is 17.1 Å². The number of rotatable bonds is 2. The van der Waals surface area contributed by atoms with Crippen molar-refractivity contribution in [1.29, 1.82) is 0 Å². The van der Waals surface area contributed by atoms with Gasteiger partial charge in [-0.3, -0.25) is 9.59 Å². The standard InChI is InChI=1S/C6H8N4O3/c7-5(12)4-2(11)1-3(10-8)9-6(4)13/h1H,8H2,(H2,7,12)(H3,9,10,11,13). The topological polar surface area (TPSA) is 134 Å². The SMILES string of the molecule is NNc1cc(O)c(C(N)=O)c(=O)[nH]1. The summed E-state index contributed by atoms with van der Waals surface area (Å²) >= 11 is 0. The number of pyridine rings is 1. The van der Waals surface area contributed by atoms with Gasteiger partial charge in [0.05, 0.1) is 0 Å². The minimum absolute atomic E-state index is 0.0903. The van der Waals surface area contributed by atoms with Crippen LogP contribution in [0.5, 0.6) is 5.75 Å². The van der Waals surface area contributed by atoms with Gasteiger partial charge >= 0.3 is 0 Å². The summed E-state index contributed by atoms with van der Waals surface area (Å²) in [4.78, 5) is 23.9. The highest BCUT2D eigenvalue weighted by atomic mass is 16.3. The van der Waals surface area contributed by atoms with Crippen molar-refractivity contribution in [2.24, 2.45) is 11.6 Å². The summed E-state index contributed by atoms with van der Waals surface area (Å²) in [5.74, 6) is 3.55. The average molecular weight is 184 g/mol. The molecule has 0 aliphatic carbocycles. The van der Waals surface area contributed by atoms with E-state index in [9.17, 15) is 9.59 Å². The second-order valence-corrected chi connectivity index (χ2v) is 2.28. The second kappa shape index (κ2) is 3.15. The fraction of sp³-hybridized carbons (Fsp3) is 0. The molecular formula is C6H8N4O3. The normalized spacial score (nSPS) is 9.62. The number of H-pyrrole nitrogens is 1. The van der Waals surface area contributed by atoms with Crippen LogP contribution < -0.4 is 22.6 Å². The third-order valence-electron chi connectivity index (χ3n) is 1.41. The van der Waals surface area contributed by atoms with Crippen molar-refractivity contribution in [3.63, 3.8) is 0 Å². The monoisotopic (exact) mass is 184 g/mol. The van der Waals surface area contributed by atoms with Crippen LogP contribution in [-0.2, 0) is 0 Å². The van der Waals surface area contributed by atoms with Crippen LogP contribution in [0.3, 0.4) is 0 Å². The molecule has 13 heavy (non-hydrogen) atoms. The number of nitrogens with one attached hydrogen (secondary N) is 2. The number of carbonyl (C=O) groups is 1. The lowest BCUT2D eigenvalue weighted by atomic mass is 10.2. The summed E-state index contributed by atoms with van der Waals surface area (Å²) in [5.41, 5.74) is 5.67. The van der Waals surface area contributed by atoms with Gasteiger partial charge in [0.15, 0.2) is 0 Å². The third kappa shape index (κ3) is 1.59. The van der Waals surface area contributed by atoms with Crippen LogP contribution >= 0.6 is 0 Å². The van der Waals surface area contributed by atoms with Crippen LogP contribution in [0.15, 0.2) is 10.9 Å². The van der Waals surface area contributed by atoms with E-state index in [2.05, 4.69) is 10.4 Å². The first-order valence-electron chi connectivity index (χ1n) is 3.29. The molecule has 7 N–H and O–H groups in total. The smallest absolute Gasteiger partial charge is 0.266 e. The van der Waals surface area contributed by atoms with Crippen molar-refractivity contribution in [2.75, 3.05) is 5.43 Å². The van der Waals surface area contributed by atoms with Crippen LogP contribution in [-0.4, -0.2) is 16.0 Å². The number of amides is 1. The van der Waals surface area contributed by atoms with Gasteiger partial charge in [0.2, 0.25) is 0 Å². The van der Waals surface area contributed by atoms with Crippen molar-refractivity contribution in [3.8, 4) is 5.75 Å². The number of aromatic nitrogens is 1. The Morgan fingerprint density at radius 3 is 2.62 bits per heavy atom. The number of hydrogen-bond acceptors (Lipinski definition) is 5. The van der Waals surface area contributed by atoms with E-state index >= 15 is 0 Å². The lowest BCUT2D eigenvalue weighted by molar-refractivity contribution is 0.0996. The summed E-state index contributed by atoms with van der Waals surface area (Å²) in [6.07, 6.45) is 0. The minimum atomic E-state index is -0.998. The number of hydrogen-bond donors (Lipinski definition) is 5. The zero-order chi connectivity index (χ0) is 10.0. The summed E-state index contributed by atoms with van der Waals surface area (Å²) in [6, 6.07) is 1.08. The Morgan fingerprint density at radius 1 is 1.62 bits per heavy atom. The van der Waals surface area contributed by atoms with E-state index in [1.165, 1.54) is 0 Å². The van der Waals surface area contributed by atoms with Crippen molar-refractivity contribution < 1.29 is 9.90 Å². The number of primary amides is 1. The predicted octanol–water partition coefficient (Wildman–Crippen LogP) is -1.54. The molecule has 0 aromatic carbocycles. The molecule has 0 unspecified atom stereocenters. The number of nitrogen functional groups attached to an aromatic ring is 1. The fourth-order valence-corrected chi connectivity index (χ4v) is 0.862. The molecule has 1 aromatic heterocycles. The molecule has 0 bridgehead atoms. The van der Waals surface area contributed by atoms with Gasteiger partial charge in [0, 0.05) is 6.07 Å². The molecule has 7 heteroatoms. The van der Waals surface area contributed by atoms with Gasteiger partial charge in [-0.05, 0) is 0 Å². The molecule has 7 nitrogen and oxygen atoms in total. The largest absolute Gasteiger partial charge is 0.507 e. The highest BCUT2D eigenvalue weighted by Crippen LogP contribution is 2.14. The number of hydrazine groups is 1. The van der Waals surface area contributed by atoms with Crippen molar-refractivity contribution in [3.05, 3.63) is 22.0 Å². The quantitative estimate of drug-likeness (QED) is 0.280. The first-order valence-corrected chi connectivity index (χ1v) is 3.29. The highest BCUT2D eigenvalue weighted by Gasteiger charge is 2.13. The van der Waals surface area contributed by atoms with E-state index in [-0.39, 0.29) is 5.82 Å². The zero-order valence-corrected chi connectivity index (χ0v) is 6.50. The zero-order valence-electron chi connectivity index (χ0n) is 6.50. The molecule has 1 aromatic rings. The molecular weight excluding hydrogens is 176 g/mol. The highest BCUT2D eigenvalue weighted by molar-refractivity contribution is 5.95. The molecule has 0 spiro atoms. The molecule has 1 heterocycles. The van der Waals surface area contributed by atoms with E-state index in [0.717, 1.165) is 6.07 Å². The predicted molar refractivity (Wildman–Crippen MR) is 45.1 cm³/mol. The van der Waals surface area contributed by atoms with Crippen LogP contribution in [0.25, 0.3) is 0 Å². The molecule has 1 rings (SSSR count). The Hall–Kier alpha value is -2.02. The van der Waals surface area contributed by atoms with E-state index in [0.29, 0.717) is 0 Å². The number of anilines is 1. The summed E-state index contributed by atoms with van der Waals surface area (Å²) in [6.45, 7) is 0. The third-order valence-corrected chi connectivity index (χ3v) is 1.41. The molecule has 0 saturated heterocycles. The molecule has 70 valence electrons. The Kier molecular flexibility index (Phi) is 2.20. The van der Waals surface area contributed by atoms with Gasteiger partial charge in [-0.15, -0.1) is 0 Å².